The fraction of sp³-hybridized carbons (Fsp3) is 0.393. The highest BCUT2D eigenvalue weighted by Gasteiger charge is 2.40. The summed E-state index contributed by atoms with van der Waals surface area (Å²) in [5.41, 5.74) is 4.96. The zero-order valence-electron chi connectivity index (χ0n) is 20.4. The lowest BCUT2D eigenvalue weighted by molar-refractivity contribution is -0.144. The number of likely N-dealkylation sites (tertiary alicyclic amines) is 1. The van der Waals surface area contributed by atoms with Crippen molar-refractivity contribution in [2.45, 2.75) is 44.2 Å². The Hall–Kier alpha value is -3.65. The second kappa shape index (κ2) is 9.09. The van der Waals surface area contributed by atoms with Crippen molar-refractivity contribution >= 4 is 11.9 Å². The van der Waals surface area contributed by atoms with Crippen LogP contribution < -0.4 is 4.74 Å². The molecule has 3 aliphatic heterocycles. The van der Waals surface area contributed by atoms with Crippen molar-refractivity contribution in [3.05, 3.63) is 71.3 Å². The van der Waals surface area contributed by atoms with Gasteiger partial charge in [-0.2, -0.15) is 0 Å². The lowest BCUT2D eigenvalue weighted by atomic mass is 9.88. The molecule has 4 heterocycles. The first-order chi connectivity index (χ1) is 17.5. The van der Waals surface area contributed by atoms with Gasteiger partial charge in [0.2, 0.25) is 0 Å². The number of hydrogen-bond acceptors (Lipinski definition) is 5. The van der Waals surface area contributed by atoms with Gasteiger partial charge in [0.15, 0.2) is 12.8 Å². The highest BCUT2D eigenvalue weighted by atomic mass is 16.5. The summed E-state index contributed by atoms with van der Waals surface area (Å²) in [7, 11) is 2.17. The Kier molecular flexibility index (Phi) is 5.76. The monoisotopic (exact) mass is 486 g/mol. The summed E-state index contributed by atoms with van der Waals surface area (Å²) in [6.45, 7) is 2.94. The zero-order chi connectivity index (χ0) is 24.8. The molecule has 0 saturated carbocycles. The van der Waals surface area contributed by atoms with E-state index >= 15 is 0 Å². The molecule has 0 bridgehead atoms. The number of hydrogen-bond donors (Lipinski definition) is 1. The second-order valence-electron chi connectivity index (χ2n) is 10.1. The molecule has 6 rings (SSSR count). The number of imidazole rings is 1. The molecule has 186 valence electrons. The SMILES string of the molecule is CN1CCC(c2ccc(-c3ccc4c(c3)C(=O)N(C(C(=O)O)c3ncn5c3CCC5)CO4)cc2)CC1. The molecule has 0 spiro atoms. The average Bonchev–Trinajstić information content (AvgIpc) is 3.51. The third kappa shape index (κ3) is 3.95. The van der Waals surface area contributed by atoms with Crippen molar-refractivity contribution in [3.63, 3.8) is 0 Å². The first-order valence-electron chi connectivity index (χ1n) is 12.6. The summed E-state index contributed by atoms with van der Waals surface area (Å²) in [5, 5.41) is 10.1. The summed E-state index contributed by atoms with van der Waals surface area (Å²) in [6, 6.07) is 13.0. The number of aromatic nitrogens is 2. The van der Waals surface area contributed by atoms with E-state index in [-0.39, 0.29) is 12.6 Å². The van der Waals surface area contributed by atoms with Crippen molar-refractivity contribution < 1.29 is 19.4 Å². The Labute approximate surface area is 210 Å². The van der Waals surface area contributed by atoms with Gasteiger partial charge in [-0.1, -0.05) is 30.3 Å². The molecule has 2 aromatic carbocycles. The number of aryl methyl sites for hydroxylation is 1. The Balaban J connectivity index is 1.27. The molecular formula is C28H30N4O4. The molecular weight excluding hydrogens is 456 g/mol. The van der Waals surface area contributed by atoms with Crippen LogP contribution in [0.25, 0.3) is 11.1 Å². The summed E-state index contributed by atoms with van der Waals surface area (Å²) in [6.07, 6.45) is 5.72. The van der Waals surface area contributed by atoms with E-state index in [1.807, 2.05) is 16.7 Å². The number of fused-ring (bicyclic) bond motifs is 2. The van der Waals surface area contributed by atoms with Crippen LogP contribution in [0.15, 0.2) is 48.8 Å². The highest BCUT2D eigenvalue weighted by Crippen LogP contribution is 2.36. The summed E-state index contributed by atoms with van der Waals surface area (Å²) in [5.74, 6) is -0.403. The van der Waals surface area contributed by atoms with E-state index in [4.69, 9.17) is 4.74 Å². The summed E-state index contributed by atoms with van der Waals surface area (Å²) >= 11 is 0. The van der Waals surface area contributed by atoms with Crippen LogP contribution in [-0.4, -0.2) is 63.2 Å². The minimum absolute atomic E-state index is 0.125. The Bertz CT molecular complexity index is 1310. The van der Waals surface area contributed by atoms with Crippen molar-refractivity contribution in [3.8, 4) is 16.9 Å². The van der Waals surface area contributed by atoms with Crippen LogP contribution >= 0.6 is 0 Å². The molecule has 36 heavy (non-hydrogen) atoms. The molecule has 1 saturated heterocycles. The third-order valence-electron chi connectivity index (χ3n) is 7.86. The number of benzene rings is 2. The maximum Gasteiger partial charge on any atom is 0.332 e. The van der Waals surface area contributed by atoms with Crippen LogP contribution in [0.2, 0.25) is 0 Å². The number of nitrogens with zero attached hydrogens (tertiary/aromatic N) is 4. The molecule has 1 unspecified atom stereocenters. The van der Waals surface area contributed by atoms with Gasteiger partial charge in [0.25, 0.3) is 5.91 Å². The maximum atomic E-state index is 13.6. The van der Waals surface area contributed by atoms with Gasteiger partial charge in [-0.15, -0.1) is 0 Å². The van der Waals surface area contributed by atoms with E-state index in [2.05, 4.69) is 41.2 Å². The van der Waals surface area contributed by atoms with E-state index in [1.54, 1.807) is 12.4 Å². The lowest BCUT2D eigenvalue weighted by Crippen LogP contribution is -2.44. The van der Waals surface area contributed by atoms with Crippen molar-refractivity contribution in [2.75, 3.05) is 26.9 Å². The number of rotatable bonds is 5. The molecule has 1 amide bonds. The largest absolute Gasteiger partial charge is 0.479 e. The molecule has 3 aliphatic rings. The highest BCUT2D eigenvalue weighted by molar-refractivity contribution is 6.01. The Morgan fingerprint density at radius 2 is 1.83 bits per heavy atom. The fourth-order valence-corrected chi connectivity index (χ4v) is 5.77. The summed E-state index contributed by atoms with van der Waals surface area (Å²) in [4.78, 5) is 33.9. The second-order valence-corrected chi connectivity index (χ2v) is 10.1. The van der Waals surface area contributed by atoms with Gasteiger partial charge in [0, 0.05) is 12.2 Å². The van der Waals surface area contributed by atoms with E-state index in [1.165, 1.54) is 23.3 Å². The molecule has 1 aromatic heterocycles. The Morgan fingerprint density at radius 3 is 2.58 bits per heavy atom. The van der Waals surface area contributed by atoms with Gasteiger partial charge in [-0.3, -0.25) is 9.69 Å². The average molecular weight is 487 g/mol. The zero-order valence-corrected chi connectivity index (χ0v) is 20.4. The number of carboxylic acids is 1. The standard InChI is InChI=1S/C28H30N4O4/c1-30-13-10-20(11-14-30)18-4-6-19(7-5-18)21-8-9-24-22(15-21)27(33)32(17-36-24)26(28(34)35)25-23-3-2-12-31(23)16-29-25/h4-9,15-16,20,26H,2-3,10-14,17H2,1H3,(H,34,35). The number of ether oxygens (including phenoxy) is 1. The first kappa shape index (κ1) is 22.8. The fourth-order valence-electron chi connectivity index (χ4n) is 5.77. The van der Waals surface area contributed by atoms with Crippen LogP contribution in [0, 0.1) is 0 Å². The molecule has 1 fully saturated rings. The predicted octanol–water partition coefficient (Wildman–Crippen LogP) is 3.92. The quantitative estimate of drug-likeness (QED) is 0.588. The number of carbonyl (C=O) groups excluding carboxylic acids is 1. The van der Waals surface area contributed by atoms with Gasteiger partial charge >= 0.3 is 5.97 Å². The van der Waals surface area contributed by atoms with Gasteiger partial charge in [-0.25, -0.2) is 9.78 Å². The predicted molar refractivity (Wildman–Crippen MR) is 134 cm³/mol. The molecule has 1 atom stereocenters. The minimum Gasteiger partial charge on any atom is -0.479 e. The van der Waals surface area contributed by atoms with Crippen LogP contribution in [0.5, 0.6) is 5.75 Å². The van der Waals surface area contributed by atoms with Crippen LogP contribution in [0.4, 0.5) is 0 Å². The number of amides is 1. The first-order valence-corrected chi connectivity index (χ1v) is 12.6. The van der Waals surface area contributed by atoms with E-state index in [9.17, 15) is 14.7 Å². The molecule has 0 aliphatic carbocycles. The molecule has 3 aromatic rings. The lowest BCUT2D eigenvalue weighted by Gasteiger charge is -2.33. The van der Waals surface area contributed by atoms with E-state index in [0.29, 0.717) is 22.9 Å². The van der Waals surface area contributed by atoms with E-state index < -0.39 is 12.0 Å². The van der Waals surface area contributed by atoms with Crippen LogP contribution in [-0.2, 0) is 17.8 Å². The van der Waals surface area contributed by atoms with Gasteiger partial charge in [0.1, 0.15) is 5.75 Å². The Morgan fingerprint density at radius 1 is 1.08 bits per heavy atom. The van der Waals surface area contributed by atoms with Crippen molar-refractivity contribution in [1.82, 2.24) is 19.4 Å². The van der Waals surface area contributed by atoms with Crippen LogP contribution in [0.1, 0.15) is 58.5 Å². The normalized spacial score (nSPS) is 19.0. The topological polar surface area (TPSA) is 87.9 Å². The van der Waals surface area contributed by atoms with E-state index in [0.717, 1.165) is 49.3 Å². The summed E-state index contributed by atoms with van der Waals surface area (Å²) < 4.78 is 7.83. The smallest absolute Gasteiger partial charge is 0.332 e. The number of piperidine rings is 1. The molecule has 1 N–H and O–H groups in total. The third-order valence-corrected chi connectivity index (χ3v) is 7.86. The number of aliphatic carboxylic acids is 1. The van der Waals surface area contributed by atoms with Gasteiger partial charge in [0.05, 0.1) is 17.6 Å². The van der Waals surface area contributed by atoms with Crippen molar-refractivity contribution in [2.24, 2.45) is 0 Å². The molecule has 8 heteroatoms. The van der Waals surface area contributed by atoms with Gasteiger partial charge in [-0.05, 0) is 80.6 Å². The molecule has 0 radical (unpaired) electrons. The number of carboxylic acid groups (broad SMARTS) is 1. The van der Waals surface area contributed by atoms with Gasteiger partial charge < -0.3 is 19.3 Å². The molecule has 8 nitrogen and oxygen atoms in total. The maximum absolute atomic E-state index is 13.6. The van der Waals surface area contributed by atoms with Crippen molar-refractivity contribution in [1.29, 1.82) is 0 Å². The minimum atomic E-state index is -1.18. The number of carbonyl (C=O) groups is 2. The van der Waals surface area contributed by atoms with Crippen LogP contribution in [0.3, 0.4) is 0 Å².